The topological polar surface area (TPSA) is 0 Å². The highest BCUT2D eigenvalue weighted by Crippen LogP contribution is 2.31. The first kappa shape index (κ1) is 9.18. The van der Waals surface area contributed by atoms with E-state index in [2.05, 4.69) is 0 Å². The van der Waals surface area contributed by atoms with Crippen molar-refractivity contribution < 1.29 is 0 Å². The third-order valence-electron chi connectivity index (χ3n) is 1.37. The molecule has 1 aromatic rings. The Morgan fingerprint density at radius 3 is 2.09 bits per heavy atom. The zero-order valence-corrected chi connectivity index (χ0v) is 8.13. The van der Waals surface area contributed by atoms with Gasteiger partial charge in [-0.05, 0) is 24.1 Å². The molecule has 1 radical (unpaired) electrons. The van der Waals surface area contributed by atoms with E-state index in [1.807, 2.05) is 13.3 Å². The molecule has 0 bridgehead atoms. The van der Waals surface area contributed by atoms with Crippen LogP contribution in [0, 0.1) is 6.42 Å². The molecular formula is C8H6Cl3. The number of hydrogen-bond donors (Lipinski definition) is 0. The third kappa shape index (κ3) is 1.81. The predicted molar refractivity (Wildman–Crippen MR) is 50.5 cm³/mol. The van der Waals surface area contributed by atoms with Crippen LogP contribution in [0.25, 0.3) is 0 Å². The van der Waals surface area contributed by atoms with Crippen LogP contribution in [-0.4, -0.2) is 0 Å². The van der Waals surface area contributed by atoms with Crippen LogP contribution < -0.4 is 0 Å². The maximum Gasteiger partial charge on any atom is 0.0642 e. The van der Waals surface area contributed by atoms with Crippen LogP contribution in [0.15, 0.2) is 12.1 Å². The molecule has 0 spiro atoms. The molecule has 0 amide bonds. The Bertz CT molecular complexity index is 268. The molecule has 0 aromatic heterocycles. The maximum atomic E-state index is 5.85. The molecule has 0 heterocycles. The largest absolute Gasteiger partial charge is 0.0840 e. The predicted octanol–water partition coefficient (Wildman–Crippen LogP) is 4.22. The molecule has 0 nitrogen and oxygen atoms in total. The molecule has 3 heteroatoms. The van der Waals surface area contributed by atoms with Crippen LogP contribution in [0.2, 0.25) is 15.1 Å². The summed E-state index contributed by atoms with van der Waals surface area (Å²) in [5.74, 6) is 0. The van der Waals surface area contributed by atoms with Crippen LogP contribution in [0.3, 0.4) is 0 Å². The van der Waals surface area contributed by atoms with E-state index in [4.69, 9.17) is 34.8 Å². The molecule has 0 saturated heterocycles. The van der Waals surface area contributed by atoms with E-state index in [9.17, 15) is 0 Å². The number of rotatable bonds is 1. The summed E-state index contributed by atoms with van der Waals surface area (Å²) < 4.78 is 0. The lowest BCUT2D eigenvalue weighted by molar-refractivity contribution is 1.42. The lowest BCUT2D eigenvalue weighted by atomic mass is 10.2. The fourth-order valence-electron chi connectivity index (χ4n) is 0.807. The Balaban J connectivity index is 3.29. The number of hydrogen-bond acceptors (Lipinski definition) is 0. The molecular weight excluding hydrogens is 202 g/mol. The summed E-state index contributed by atoms with van der Waals surface area (Å²) >= 11 is 17.4. The van der Waals surface area contributed by atoms with E-state index < -0.39 is 0 Å². The second-order valence-electron chi connectivity index (χ2n) is 2.05. The molecule has 0 fully saturated rings. The summed E-state index contributed by atoms with van der Waals surface area (Å²) in [6.45, 7) is 1.86. The van der Waals surface area contributed by atoms with Crippen molar-refractivity contribution in [3.63, 3.8) is 0 Å². The van der Waals surface area contributed by atoms with Gasteiger partial charge in [0.2, 0.25) is 0 Å². The van der Waals surface area contributed by atoms with Crippen LogP contribution in [0.4, 0.5) is 0 Å². The van der Waals surface area contributed by atoms with Gasteiger partial charge >= 0.3 is 0 Å². The van der Waals surface area contributed by atoms with Crippen molar-refractivity contribution in [1.29, 1.82) is 0 Å². The van der Waals surface area contributed by atoms with E-state index in [0.717, 1.165) is 5.56 Å². The van der Waals surface area contributed by atoms with E-state index in [1.54, 1.807) is 12.1 Å². The van der Waals surface area contributed by atoms with Gasteiger partial charge in [0, 0.05) is 5.02 Å². The second kappa shape index (κ2) is 3.66. The molecule has 0 atom stereocenters. The minimum atomic E-state index is 0.515. The van der Waals surface area contributed by atoms with Gasteiger partial charge in [-0.15, -0.1) is 0 Å². The van der Waals surface area contributed by atoms with Crippen molar-refractivity contribution >= 4 is 34.8 Å². The third-order valence-corrected chi connectivity index (χ3v) is 2.52. The Hall–Kier alpha value is 0.0900. The van der Waals surface area contributed by atoms with Gasteiger partial charge in [0.1, 0.15) is 0 Å². The van der Waals surface area contributed by atoms with E-state index in [1.165, 1.54) is 0 Å². The molecule has 59 valence electrons. The molecule has 1 aromatic carbocycles. The van der Waals surface area contributed by atoms with Gasteiger partial charge in [-0.25, -0.2) is 0 Å². The van der Waals surface area contributed by atoms with E-state index >= 15 is 0 Å². The summed E-state index contributed by atoms with van der Waals surface area (Å²) in [5.41, 5.74) is 0.792. The summed E-state index contributed by atoms with van der Waals surface area (Å²) in [6, 6.07) is 3.41. The van der Waals surface area contributed by atoms with Crippen molar-refractivity contribution in [3.05, 3.63) is 39.2 Å². The van der Waals surface area contributed by atoms with Gasteiger partial charge in [0.25, 0.3) is 0 Å². The second-order valence-corrected chi connectivity index (χ2v) is 3.24. The summed E-state index contributed by atoms with van der Waals surface area (Å²) in [4.78, 5) is 0. The average molecular weight is 208 g/mol. The number of benzene rings is 1. The number of halogens is 3. The summed E-state index contributed by atoms with van der Waals surface area (Å²) in [5, 5.41) is 1.67. The minimum Gasteiger partial charge on any atom is -0.0840 e. The van der Waals surface area contributed by atoms with Crippen LogP contribution in [0.1, 0.15) is 12.5 Å². The molecule has 0 aliphatic rings. The molecule has 11 heavy (non-hydrogen) atoms. The fraction of sp³-hybridized carbons (Fsp3) is 0.125. The zero-order chi connectivity index (χ0) is 8.43. The normalized spacial score (nSPS) is 10.2. The highest BCUT2D eigenvalue weighted by Gasteiger charge is 2.06. The molecule has 0 unspecified atom stereocenters. The Labute approximate surface area is 81.1 Å². The van der Waals surface area contributed by atoms with Gasteiger partial charge in [0.05, 0.1) is 10.0 Å². The molecule has 1 rings (SSSR count). The Morgan fingerprint density at radius 1 is 1.09 bits per heavy atom. The lowest BCUT2D eigenvalue weighted by Gasteiger charge is -2.04. The Kier molecular flexibility index (Phi) is 3.06. The minimum absolute atomic E-state index is 0.515. The molecule has 0 saturated carbocycles. The van der Waals surface area contributed by atoms with Gasteiger partial charge in [-0.1, -0.05) is 41.7 Å². The van der Waals surface area contributed by atoms with E-state index in [-0.39, 0.29) is 0 Å². The maximum absolute atomic E-state index is 5.85. The van der Waals surface area contributed by atoms with Crippen LogP contribution in [0.5, 0.6) is 0 Å². The standard InChI is InChI=1S/C8H6Cl3/c1-2-5-6(9)3-4-7(10)8(5)11/h2-4H,1H3. The van der Waals surface area contributed by atoms with Crippen molar-refractivity contribution in [3.8, 4) is 0 Å². The SMILES string of the molecule is C[CH]c1c(Cl)ccc(Cl)c1Cl. The first-order valence-electron chi connectivity index (χ1n) is 3.09. The average Bonchev–Trinajstić information content (AvgIpc) is 1.99. The van der Waals surface area contributed by atoms with Crippen molar-refractivity contribution in [2.24, 2.45) is 0 Å². The van der Waals surface area contributed by atoms with Crippen molar-refractivity contribution in [1.82, 2.24) is 0 Å². The summed E-state index contributed by atoms with van der Waals surface area (Å²) in [6.07, 6.45) is 1.83. The van der Waals surface area contributed by atoms with Gasteiger partial charge < -0.3 is 0 Å². The highest BCUT2D eigenvalue weighted by atomic mass is 35.5. The zero-order valence-electron chi connectivity index (χ0n) is 5.87. The van der Waals surface area contributed by atoms with E-state index in [0.29, 0.717) is 15.1 Å². The van der Waals surface area contributed by atoms with Crippen LogP contribution >= 0.6 is 34.8 Å². The highest BCUT2D eigenvalue weighted by molar-refractivity contribution is 6.44. The lowest BCUT2D eigenvalue weighted by Crippen LogP contribution is -1.82. The van der Waals surface area contributed by atoms with Gasteiger partial charge in [-0.2, -0.15) is 0 Å². The smallest absolute Gasteiger partial charge is 0.0642 e. The van der Waals surface area contributed by atoms with Gasteiger partial charge in [0.15, 0.2) is 0 Å². The molecule has 0 aliphatic heterocycles. The first-order chi connectivity index (χ1) is 5.16. The quantitative estimate of drug-likeness (QED) is 0.606. The molecule has 0 N–H and O–H groups in total. The fourth-order valence-corrected chi connectivity index (χ4v) is 1.56. The first-order valence-corrected chi connectivity index (χ1v) is 4.23. The summed E-state index contributed by atoms with van der Waals surface area (Å²) in [7, 11) is 0. The van der Waals surface area contributed by atoms with Crippen molar-refractivity contribution in [2.45, 2.75) is 6.92 Å². The molecule has 0 aliphatic carbocycles. The monoisotopic (exact) mass is 207 g/mol. The van der Waals surface area contributed by atoms with Crippen molar-refractivity contribution in [2.75, 3.05) is 0 Å². The van der Waals surface area contributed by atoms with Gasteiger partial charge in [-0.3, -0.25) is 0 Å². The van der Waals surface area contributed by atoms with Crippen LogP contribution in [-0.2, 0) is 0 Å². The Morgan fingerprint density at radius 2 is 1.64 bits per heavy atom.